The molecule has 0 aromatic rings. The number of halogens is 6. The second kappa shape index (κ2) is 3.95. The molecule has 0 aliphatic carbocycles. The van der Waals surface area contributed by atoms with Crippen molar-refractivity contribution < 1.29 is 31.1 Å². The normalized spacial score (nSPS) is 22.7. The average molecular weight is 264 g/mol. The van der Waals surface area contributed by atoms with E-state index in [1.165, 1.54) is 14.1 Å². The van der Waals surface area contributed by atoms with E-state index in [0.29, 0.717) is 0 Å². The van der Waals surface area contributed by atoms with E-state index >= 15 is 0 Å². The lowest BCUT2D eigenvalue weighted by Crippen LogP contribution is -2.56. The third kappa shape index (κ3) is 2.42. The fraction of sp³-hybridized carbons (Fsp3) is 0.875. The molecule has 0 N–H and O–H groups in total. The second-order valence-electron chi connectivity index (χ2n) is 3.77. The summed E-state index contributed by atoms with van der Waals surface area (Å²) in [6.45, 7) is 0. The molecule has 3 nitrogen and oxygen atoms in total. The summed E-state index contributed by atoms with van der Waals surface area (Å²) >= 11 is 0. The predicted octanol–water partition coefficient (Wildman–Crippen LogP) is 2.54. The van der Waals surface area contributed by atoms with Crippen LogP contribution in [0.15, 0.2) is 5.10 Å². The van der Waals surface area contributed by atoms with Crippen LogP contribution in [-0.4, -0.2) is 43.0 Å². The third-order valence-electron chi connectivity index (χ3n) is 2.21. The van der Waals surface area contributed by atoms with Gasteiger partial charge in [0.2, 0.25) is 5.90 Å². The van der Waals surface area contributed by atoms with Crippen molar-refractivity contribution in [3.8, 4) is 0 Å². The standard InChI is InChI=1S/C8H10F6N2O/c1-16(2)15-5-3-4-6(17-5,7(9,10)11)8(12,13)14/h3-4H2,1-2H3/b15-5+. The summed E-state index contributed by atoms with van der Waals surface area (Å²) in [5.74, 6) is -0.565. The summed E-state index contributed by atoms with van der Waals surface area (Å²) in [7, 11) is 2.75. The largest absolute Gasteiger partial charge is 0.454 e. The number of alkyl halides is 6. The first kappa shape index (κ1) is 13.9. The van der Waals surface area contributed by atoms with E-state index in [1.54, 1.807) is 0 Å². The average Bonchev–Trinajstić information content (AvgIpc) is 2.45. The van der Waals surface area contributed by atoms with E-state index in [-0.39, 0.29) is 0 Å². The van der Waals surface area contributed by atoms with Gasteiger partial charge in [0, 0.05) is 26.9 Å². The monoisotopic (exact) mass is 264 g/mol. The van der Waals surface area contributed by atoms with Gasteiger partial charge in [-0.2, -0.15) is 26.3 Å². The van der Waals surface area contributed by atoms with Crippen molar-refractivity contribution in [1.29, 1.82) is 0 Å². The predicted molar refractivity (Wildman–Crippen MR) is 46.3 cm³/mol. The summed E-state index contributed by atoms with van der Waals surface area (Å²) in [5, 5.41) is 4.51. The van der Waals surface area contributed by atoms with Gasteiger partial charge in [-0.3, -0.25) is 5.01 Å². The van der Waals surface area contributed by atoms with Crippen LogP contribution in [0.4, 0.5) is 26.3 Å². The molecular weight excluding hydrogens is 254 g/mol. The van der Waals surface area contributed by atoms with Gasteiger partial charge in [-0.15, -0.1) is 5.10 Å². The molecule has 1 saturated heterocycles. The summed E-state index contributed by atoms with van der Waals surface area (Å²) in [6.07, 6.45) is -12.7. The minimum Gasteiger partial charge on any atom is -0.454 e. The first-order valence-corrected chi connectivity index (χ1v) is 4.57. The number of rotatable bonds is 1. The molecule has 100 valence electrons. The molecule has 1 aliphatic heterocycles. The second-order valence-corrected chi connectivity index (χ2v) is 3.77. The Kier molecular flexibility index (Phi) is 3.23. The Balaban J connectivity index is 3.08. The van der Waals surface area contributed by atoms with Gasteiger partial charge in [0.05, 0.1) is 0 Å². The number of hydrogen-bond acceptors (Lipinski definition) is 3. The first-order chi connectivity index (χ1) is 7.49. The summed E-state index contributed by atoms with van der Waals surface area (Å²) in [6, 6.07) is 0. The van der Waals surface area contributed by atoms with Crippen molar-refractivity contribution in [3.63, 3.8) is 0 Å². The summed E-state index contributed by atoms with van der Waals surface area (Å²) in [4.78, 5) is 0. The van der Waals surface area contributed by atoms with Crippen LogP contribution < -0.4 is 0 Å². The Hall–Kier alpha value is -1.15. The highest BCUT2D eigenvalue weighted by Crippen LogP contribution is 2.51. The molecule has 0 bridgehead atoms. The van der Waals surface area contributed by atoms with E-state index in [9.17, 15) is 26.3 Å². The molecule has 0 unspecified atom stereocenters. The first-order valence-electron chi connectivity index (χ1n) is 4.57. The molecule has 0 radical (unpaired) electrons. The minimum atomic E-state index is -5.52. The van der Waals surface area contributed by atoms with Crippen LogP contribution in [0, 0.1) is 0 Å². The van der Waals surface area contributed by atoms with E-state index in [2.05, 4.69) is 9.84 Å². The molecular formula is C8H10F6N2O. The molecule has 1 rings (SSSR count). The highest BCUT2D eigenvalue weighted by atomic mass is 19.4. The maximum atomic E-state index is 12.5. The molecule has 0 spiro atoms. The molecule has 0 aromatic heterocycles. The van der Waals surface area contributed by atoms with Crippen LogP contribution in [0.1, 0.15) is 12.8 Å². The van der Waals surface area contributed by atoms with E-state index in [0.717, 1.165) is 5.01 Å². The zero-order valence-electron chi connectivity index (χ0n) is 8.98. The van der Waals surface area contributed by atoms with Gasteiger partial charge in [0.1, 0.15) is 0 Å². The lowest BCUT2D eigenvalue weighted by molar-refractivity contribution is -0.355. The van der Waals surface area contributed by atoms with Crippen molar-refractivity contribution in [2.75, 3.05) is 14.1 Å². The SMILES string of the molecule is CN(C)/N=C1\CCC(C(F)(F)F)(C(F)(F)F)O1. The van der Waals surface area contributed by atoms with Crippen molar-refractivity contribution >= 4 is 5.90 Å². The lowest BCUT2D eigenvalue weighted by Gasteiger charge is -2.32. The fourth-order valence-electron chi connectivity index (χ4n) is 1.44. The highest BCUT2D eigenvalue weighted by molar-refractivity contribution is 5.78. The number of nitrogens with zero attached hydrogens (tertiary/aromatic N) is 2. The molecule has 0 saturated carbocycles. The Bertz CT molecular complexity index is 305. The lowest BCUT2D eigenvalue weighted by atomic mass is 9.99. The quantitative estimate of drug-likeness (QED) is 0.537. The number of ether oxygens (including phenoxy) is 1. The zero-order valence-corrected chi connectivity index (χ0v) is 8.98. The Morgan fingerprint density at radius 2 is 1.59 bits per heavy atom. The van der Waals surface area contributed by atoms with Crippen LogP contribution in [0.25, 0.3) is 0 Å². The van der Waals surface area contributed by atoms with Gasteiger partial charge >= 0.3 is 12.4 Å². The van der Waals surface area contributed by atoms with Gasteiger partial charge in [0.25, 0.3) is 5.60 Å². The molecule has 1 aliphatic rings. The third-order valence-corrected chi connectivity index (χ3v) is 2.21. The number of hydrogen-bond donors (Lipinski definition) is 0. The van der Waals surface area contributed by atoms with E-state index in [1.807, 2.05) is 0 Å². The Labute approximate surface area is 93.0 Å². The molecule has 1 heterocycles. The number of hydrazone groups is 1. The zero-order chi connectivity index (χ0) is 13.5. The Morgan fingerprint density at radius 3 is 1.88 bits per heavy atom. The smallest absolute Gasteiger partial charge is 0.437 e. The van der Waals surface area contributed by atoms with Crippen LogP contribution in [0.3, 0.4) is 0 Å². The molecule has 17 heavy (non-hydrogen) atoms. The molecule has 1 fully saturated rings. The summed E-state index contributed by atoms with van der Waals surface area (Å²) in [5.41, 5.74) is -4.13. The van der Waals surface area contributed by atoms with E-state index in [4.69, 9.17) is 0 Å². The molecule has 0 atom stereocenters. The van der Waals surface area contributed by atoms with Gasteiger partial charge in [-0.25, -0.2) is 0 Å². The maximum Gasteiger partial charge on any atom is 0.437 e. The molecule has 0 amide bonds. The Morgan fingerprint density at radius 1 is 1.12 bits per heavy atom. The van der Waals surface area contributed by atoms with Crippen molar-refractivity contribution in [1.82, 2.24) is 5.01 Å². The van der Waals surface area contributed by atoms with Crippen LogP contribution in [0.2, 0.25) is 0 Å². The summed E-state index contributed by atoms with van der Waals surface area (Å²) < 4.78 is 79.1. The van der Waals surface area contributed by atoms with Crippen LogP contribution in [0.5, 0.6) is 0 Å². The van der Waals surface area contributed by atoms with Crippen molar-refractivity contribution in [3.05, 3.63) is 0 Å². The molecule has 0 aromatic carbocycles. The van der Waals surface area contributed by atoms with Crippen molar-refractivity contribution in [2.24, 2.45) is 5.10 Å². The molecule has 9 heteroatoms. The van der Waals surface area contributed by atoms with Gasteiger partial charge < -0.3 is 4.74 Å². The highest BCUT2D eigenvalue weighted by Gasteiger charge is 2.75. The van der Waals surface area contributed by atoms with Crippen molar-refractivity contribution in [2.45, 2.75) is 30.8 Å². The van der Waals surface area contributed by atoms with Crippen LogP contribution >= 0.6 is 0 Å². The van der Waals surface area contributed by atoms with Gasteiger partial charge in [0.15, 0.2) is 0 Å². The topological polar surface area (TPSA) is 24.8 Å². The van der Waals surface area contributed by atoms with Crippen LogP contribution in [-0.2, 0) is 4.74 Å². The van der Waals surface area contributed by atoms with Gasteiger partial charge in [-0.1, -0.05) is 0 Å². The minimum absolute atomic E-state index is 0.503. The maximum absolute atomic E-state index is 12.5. The van der Waals surface area contributed by atoms with E-state index < -0.39 is 36.7 Å². The fourth-order valence-corrected chi connectivity index (χ4v) is 1.44. The van der Waals surface area contributed by atoms with Gasteiger partial charge in [-0.05, 0) is 0 Å².